The zero-order valence-corrected chi connectivity index (χ0v) is 15.1. The number of nitrogens with zero attached hydrogens (tertiary/aromatic N) is 1. The molecule has 0 bridgehead atoms. The average Bonchev–Trinajstić information content (AvgIpc) is 3.15. The molecular formula is C21H22N4O2. The monoisotopic (exact) mass is 362 g/mol. The van der Waals surface area contributed by atoms with Gasteiger partial charge in [0.15, 0.2) is 0 Å². The Bertz CT molecular complexity index is 989. The zero-order valence-electron chi connectivity index (χ0n) is 15.1. The first-order valence-corrected chi connectivity index (χ1v) is 8.96. The third kappa shape index (κ3) is 3.19. The smallest absolute Gasteiger partial charge is 0.250 e. The largest absolute Gasteiger partial charge is 0.496 e. The molecule has 0 radical (unpaired) electrons. The normalized spacial score (nSPS) is 19.1. The summed E-state index contributed by atoms with van der Waals surface area (Å²) in [5.41, 5.74) is 8.67. The van der Waals surface area contributed by atoms with Gasteiger partial charge in [0, 0.05) is 47.9 Å². The highest BCUT2D eigenvalue weighted by atomic mass is 16.5. The number of methoxy groups -OCH3 is 1. The predicted octanol–water partition coefficient (Wildman–Crippen LogP) is 2.51. The van der Waals surface area contributed by atoms with Crippen molar-refractivity contribution in [3.63, 3.8) is 0 Å². The first kappa shape index (κ1) is 17.3. The maximum atomic E-state index is 11.7. The Balaban J connectivity index is 1.69. The maximum absolute atomic E-state index is 11.7. The summed E-state index contributed by atoms with van der Waals surface area (Å²) in [6.45, 7) is 1.70. The number of hydrogen-bond donors (Lipinski definition) is 3. The molecule has 138 valence electrons. The van der Waals surface area contributed by atoms with Gasteiger partial charge in [-0.15, -0.1) is 0 Å². The van der Waals surface area contributed by atoms with Crippen molar-refractivity contribution in [3.05, 3.63) is 65.9 Å². The number of pyridine rings is 1. The van der Waals surface area contributed by atoms with Gasteiger partial charge in [-0.05, 0) is 18.2 Å². The van der Waals surface area contributed by atoms with Crippen LogP contribution >= 0.6 is 0 Å². The highest BCUT2D eigenvalue weighted by molar-refractivity contribution is 6.07. The number of ether oxygens (including phenoxy) is 1. The van der Waals surface area contributed by atoms with Crippen molar-refractivity contribution in [3.8, 4) is 5.75 Å². The van der Waals surface area contributed by atoms with Crippen LogP contribution in [0.2, 0.25) is 0 Å². The van der Waals surface area contributed by atoms with Crippen LogP contribution in [0.25, 0.3) is 10.9 Å². The van der Waals surface area contributed by atoms with Gasteiger partial charge < -0.3 is 21.1 Å². The minimum Gasteiger partial charge on any atom is -0.496 e. The number of anilines is 1. The second-order valence-corrected chi connectivity index (χ2v) is 6.68. The summed E-state index contributed by atoms with van der Waals surface area (Å²) in [4.78, 5) is 16.1. The van der Waals surface area contributed by atoms with Crippen LogP contribution in [-0.4, -0.2) is 37.1 Å². The Morgan fingerprint density at radius 2 is 2.04 bits per heavy atom. The average molecular weight is 362 g/mol. The number of hydrogen-bond acceptors (Lipinski definition) is 5. The van der Waals surface area contributed by atoms with Crippen LogP contribution in [0.1, 0.15) is 21.8 Å². The van der Waals surface area contributed by atoms with E-state index in [9.17, 15) is 4.79 Å². The number of aromatic nitrogens is 1. The topological polar surface area (TPSA) is 89.3 Å². The van der Waals surface area contributed by atoms with E-state index < -0.39 is 5.91 Å². The molecule has 4 N–H and O–H groups in total. The van der Waals surface area contributed by atoms with Gasteiger partial charge in [-0.25, -0.2) is 0 Å². The van der Waals surface area contributed by atoms with Crippen LogP contribution in [0.15, 0.2) is 54.7 Å². The van der Waals surface area contributed by atoms with Gasteiger partial charge in [0.1, 0.15) is 5.75 Å². The molecule has 0 spiro atoms. The Morgan fingerprint density at radius 1 is 1.19 bits per heavy atom. The highest BCUT2D eigenvalue weighted by Gasteiger charge is 2.30. The van der Waals surface area contributed by atoms with Crippen molar-refractivity contribution in [1.29, 1.82) is 0 Å². The molecule has 1 aliphatic rings. The van der Waals surface area contributed by atoms with E-state index in [4.69, 9.17) is 10.5 Å². The van der Waals surface area contributed by atoms with E-state index in [1.54, 1.807) is 19.4 Å². The fourth-order valence-electron chi connectivity index (χ4n) is 3.83. The summed E-state index contributed by atoms with van der Waals surface area (Å²) in [5.74, 6) is 0.692. The van der Waals surface area contributed by atoms with Crippen molar-refractivity contribution in [2.75, 3.05) is 25.5 Å². The third-order valence-electron chi connectivity index (χ3n) is 5.13. The van der Waals surface area contributed by atoms with Crippen LogP contribution in [0, 0.1) is 0 Å². The van der Waals surface area contributed by atoms with Crippen LogP contribution in [0.5, 0.6) is 5.75 Å². The molecule has 1 amide bonds. The van der Waals surface area contributed by atoms with Crippen LogP contribution in [-0.2, 0) is 0 Å². The Morgan fingerprint density at radius 3 is 2.85 bits per heavy atom. The van der Waals surface area contributed by atoms with Gasteiger partial charge in [-0.3, -0.25) is 9.78 Å². The number of primary amides is 1. The zero-order chi connectivity index (χ0) is 18.8. The standard InChI is InChI=1S/C21H22N4O2/c1-27-19-8-3-2-5-13(19)16-11-23-12-18(16)25-17-9-10-24-20-14(17)6-4-7-15(20)21(22)26/h2-10,16,18,23H,11-12H2,1H3,(H2,22,26)(H,24,25). The number of amides is 1. The molecule has 3 aromatic rings. The molecule has 2 heterocycles. The van der Waals surface area contributed by atoms with Crippen molar-refractivity contribution in [2.24, 2.45) is 5.73 Å². The highest BCUT2D eigenvalue weighted by Crippen LogP contribution is 2.33. The number of para-hydroxylation sites is 2. The lowest BCUT2D eigenvalue weighted by molar-refractivity contribution is 0.100. The number of nitrogens with one attached hydrogen (secondary N) is 2. The number of benzene rings is 2. The first-order chi connectivity index (χ1) is 13.2. The second kappa shape index (κ2) is 7.25. The van der Waals surface area contributed by atoms with E-state index in [0.717, 1.165) is 29.9 Å². The lowest BCUT2D eigenvalue weighted by Crippen LogP contribution is -2.27. The van der Waals surface area contributed by atoms with E-state index in [0.29, 0.717) is 11.1 Å². The lowest BCUT2D eigenvalue weighted by Gasteiger charge is -2.24. The van der Waals surface area contributed by atoms with E-state index in [2.05, 4.69) is 21.7 Å². The van der Waals surface area contributed by atoms with E-state index in [-0.39, 0.29) is 12.0 Å². The van der Waals surface area contributed by atoms with Crippen LogP contribution in [0.3, 0.4) is 0 Å². The molecule has 4 rings (SSSR count). The van der Waals surface area contributed by atoms with Crippen molar-refractivity contribution in [1.82, 2.24) is 10.3 Å². The first-order valence-electron chi connectivity index (χ1n) is 8.96. The summed E-state index contributed by atoms with van der Waals surface area (Å²) in [6.07, 6.45) is 1.71. The molecule has 2 atom stereocenters. The molecule has 1 aromatic heterocycles. The predicted molar refractivity (Wildman–Crippen MR) is 106 cm³/mol. The Labute approximate surface area is 157 Å². The molecule has 0 aliphatic carbocycles. The van der Waals surface area contributed by atoms with E-state index >= 15 is 0 Å². The molecule has 27 heavy (non-hydrogen) atoms. The van der Waals surface area contributed by atoms with Crippen LogP contribution in [0.4, 0.5) is 5.69 Å². The summed E-state index contributed by atoms with van der Waals surface area (Å²) >= 11 is 0. The van der Waals surface area contributed by atoms with Crippen molar-refractivity contribution >= 4 is 22.5 Å². The lowest BCUT2D eigenvalue weighted by atomic mass is 9.93. The Kier molecular flexibility index (Phi) is 4.64. The number of nitrogens with two attached hydrogens (primary N) is 1. The summed E-state index contributed by atoms with van der Waals surface area (Å²) in [6, 6.07) is 15.7. The van der Waals surface area contributed by atoms with E-state index in [1.807, 2.05) is 36.4 Å². The van der Waals surface area contributed by atoms with Crippen molar-refractivity contribution in [2.45, 2.75) is 12.0 Å². The number of rotatable bonds is 5. The minimum atomic E-state index is -0.473. The summed E-state index contributed by atoms with van der Waals surface area (Å²) in [7, 11) is 1.70. The molecule has 1 aliphatic heterocycles. The SMILES string of the molecule is COc1ccccc1C1CNCC1Nc1ccnc2c(C(N)=O)cccc12. The van der Waals surface area contributed by atoms with Gasteiger partial charge >= 0.3 is 0 Å². The molecule has 2 unspecified atom stereocenters. The van der Waals surface area contributed by atoms with Gasteiger partial charge in [0.05, 0.1) is 18.2 Å². The summed E-state index contributed by atoms with van der Waals surface area (Å²) in [5, 5.41) is 7.99. The number of carbonyl (C=O) groups excluding carboxylic acids is 1. The van der Waals surface area contributed by atoms with Crippen molar-refractivity contribution < 1.29 is 9.53 Å². The fourth-order valence-corrected chi connectivity index (χ4v) is 3.83. The maximum Gasteiger partial charge on any atom is 0.250 e. The molecule has 1 fully saturated rings. The molecule has 2 aromatic carbocycles. The molecule has 0 saturated carbocycles. The van der Waals surface area contributed by atoms with Gasteiger partial charge in [0.2, 0.25) is 0 Å². The van der Waals surface area contributed by atoms with Gasteiger partial charge in [-0.2, -0.15) is 0 Å². The fraction of sp³-hybridized carbons (Fsp3) is 0.238. The molecule has 1 saturated heterocycles. The number of carbonyl (C=O) groups is 1. The third-order valence-corrected chi connectivity index (χ3v) is 5.13. The number of fused-ring (bicyclic) bond motifs is 1. The van der Waals surface area contributed by atoms with Crippen LogP contribution < -0.4 is 21.1 Å². The second-order valence-electron chi connectivity index (χ2n) is 6.68. The van der Waals surface area contributed by atoms with Gasteiger partial charge in [0.25, 0.3) is 5.91 Å². The molecule has 6 heteroatoms. The molecule has 6 nitrogen and oxygen atoms in total. The minimum absolute atomic E-state index is 0.184. The van der Waals surface area contributed by atoms with E-state index in [1.165, 1.54) is 5.56 Å². The Hall–Kier alpha value is -3.12. The molecular weight excluding hydrogens is 340 g/mol. The summed E-state index contributed by atoms with van der Waals surface area (Å²) < 4.78 is 5.55. The van der Waals surface area contributed by atoms with Gasteiger partial charge in [-0.1, -0.05) is 30.3 Å². The quantitative estimate of drug-likeness (QED) is 0.649.